The average molecular weight is 489 g/mol. The van der Waals surface area contributed by atoms with Gasteiger partial charge >= 0.3 is 0 Å². The minimum Gasteiger partial charge on any atom is -0.388 e. The average Bonchev–Trinajstić information content (AvgIpc) is 3.53. The van der Waals surface area contributed by atoms with Crippen molar-refractivity contribution in [3.8, 4) is 0 Å². The highest BCUT2D eigenvalue weighted by Crippen LogP contribution is 2.23. The van der Waals surface area contributed by atoms with Crippen LogP contribution < -0.4 is 11.1 Å². The maximum Gasteiger partial charge on any atom is 0.279 e. The molecule has 1 fully saturated rings. The second-order valence-corrected chi connectivity index (χ2v) is 10.2. The van der Waals surface area contributed by atoms with Crippen molar-refractivity contribution in [3.63, 3.8) is 0 Å². The number of hydrogen-bond donors (Lipinski definition) is 2. The molecule has 11 nitrogen and oxygen atoms in total. The fourth-order valence-corrected chi connectivity index (χ4v) is 5.14. The van der Waals surface area contributed by atoms with E-state index in [9.17, 15) is 13.2 Å². The zero-order chi connectivity index (χ0) is 23.3. The SMILES string of the molecule is Nc1cnc(NC(=O)C(=NOCc2nccs2)c2ccc(S(=O)(=O)[C@H]3CCOC3)cc2)cn1. The molecule has 1 aliphatic rings. The summed E-state index contributed by atoms with van der Waals surface area (Å²) in [6, 6.07) is 5.89. The predicted octanol–water partition coefficient (Wildman–Crippen LogP) is 1.64. The summed E-state index contributed by atoms with van der Waals surface area (Å²) in [5.41, 5.74) is 5.81. The van der Waals surface area contributed by atoms with Crippen molar-refractivity contribution in [2.24, 2.45) is 5.16 Å². The maximum atomic E-state index is 12.9. The van der Waals surface area contributed by atoms with Crippen molar-refractivity contribution in [1.82, 2.24) is 15.0 Å². The number of sulfone groups is 1. The Morgan fingerprint density at radius 2 is 2.06 bits per heavy atom. The molecule has 0 saturated carbocycles. The number of hydrogen-bond acceptors (Lipinski definition) is 11. The second kappa shape index (κ2) is 10.0. The number of nitrogens with two attached hydrogens (primary N) is 1. The Morgan fingerprint density at radius 1 is 1.24 bits per heavy atom. The van der Waals surface area contributed by atoms with Gasteiger partial charge in [-0.2, -0.15) is 0 Å². The van der Waals surface area contributed by atoms with Gasteiger partial charge in [0.25, 0.3) is 5.91 Å². The number of aromatic nitrogens is 3. The summed E-state index contributed by atoms with van der Waals surface area (Å²) in [5, 5.41) is 8.46. The number of nitrogen functional groups attached to an aromatic ring is 1. The minimum atomic E-state index is -3.53. The van der Waals surface area contributed by atoms with Crippen molar-refractivity contribution in [2.75, 3.05) is 24.3 Å². The molecule has 0 bridgehead atoms. The fourth-order valence-electron chi connectivity index (χ4n) is 3.03. The molecule has 1 aromatic carbocycles. The normalized spacial score (nSPS) is 16.5. The number of thiazole rings is 1. The molecule has 1 aliphatic heterocycles. The van der Waals surface area contributed by atoms with Crippen LogP contribution in [0.4, 0.5) is 11.6 Å². The van der Waals surface area contributed by atoms with E-state index in [0.717, 1.165) is 0 Å². The molecule has 2 aromatic heterocycles. The number of rotatable bonds is 8. The largest absolute Gasteiger partial charge is 0.388 e. The van der Waals surface area contributed by atoms with Crippen molar-refractivity contribution in [3.05, 3.63) is 58.8 Å². The van der Waals surface area contributed by atoms with E-state index < -0.39 is 21.0 Å². The summed E-state index contributed by atoms with van der Waals surface area (Å²) < 4.78 is 30.8. The first kappa shape index (κ1) is 22.8. The Hall–Kier alpha value is -3.42. The molecule has 0 unspecified atom stereocenters. The van der Waals surface area contributed by atoms with E-state index in [1.807, 2.05) is 0 Å². The molecule has 172 valence electrons. The summed E-state index contributed by atoms with van der Waals surface area (Å²) in [6.07, 6.45) is 4.69. The molecule has 1 saturated heterocycles. The topological polar surface area (TPSA) is 159 Å². The van der Waals surface area contributed by atoms with E-state index in [4.69, 9.17) is 15.3 Å². The van der Waals surface area contributed by atoms with Crippen LogP contribution in [-0.4, -0.2) is 53.5 Å². The lowest BCUT2D eigenvalue weighted by molar-refractivity contribution is -0.110. The Balaban J connectivity index is 1.57. The highest BCUT2D eigenvalue weighted by Gasteiger charge is 2.31. The van der Waals surface area contributed by atoms with Crippen LogP contribution in [0.1, 0.15) is 17.0 Å². The fraction of sp³-hybridized carbons (Fsp3) is 0.250. The van der Waals surface area contributed by atoms with Crippen LogP contribution in [0.25, 0.3) is 0 Å². The number of benzene rings is 1. The Kier molecular flexibility index (Phi) is 6.91. The number of nitrogens with zero attached hydrogens (tertiary/aromatic N) is 4. The minimum absolute atomic E-state index is 0.0710. The number of anilines is 2. The molecule has 0 radical (unpaired) electrons. The van der Waals surface area contributed by atoms with Gasteiger partial charge in [0.05, 0.1) is 29.1 Å². The summed E-state index contributed by atoms with van der Waals surface area (Å²) in [6.45, 7) is 0.667. The number of nitrogens with one attached hydrogen (secondary N) is 1. The molecule has 1 amide bonds. The molecular formula is C20H20N6O5S2. The number of ether oxygens (including phenoxy) is 1. The molecule has 4 rings (SSSR count). The first-order valence-corrected chi connectivity index (χ1v) is 12.3. The third-order valence-corrected chi connectivity index (χ3v) is 7.67. The van der Waals surface area contributed by atoms with E-state index >= 15 is 0 Å². The van der Waals surface area contributed by atoms with Crippen LogP contribution in [0.2, 0.25) is 0 Å². The second-order valence-electron chi connectivity index (χ2n) is 6.97. The van der Waals surface area contributed by atoms with Gasteiger partial charge in [-0.25, -0.2) is 23.4 Å². The lowest BCUT2D eigenvalue weighted by Crippen LogP contribution is -2.25. The zero-order valence-corrected chi connectivity index (χ0v) is 18.9. The van der Waals surface area contributed by atoms with Gasteiger partial charge in [-0.3, -0.25) is 4.79 Å². The van der Waals surface area contributed by atoms with Crippen LogP contribution in [0.3, 0.4) is 0 Å². The third-order valence-electron chi connectivity index (χ3n) is 4.74. The van der Waals surface area contributed by atoms with Gasteiger partial charge in [0.15, 0.2) is 28.0 Å². The van der Waals surface area contributed by atoms with E-state index in [1.165, 1.54) is 48.0 Å². The lowest BCUT2D eigenvalue weighted by Gasteiger charge is -2.11. The van der Waals surface area contributed by atoms with Crippen LogP contribution in [0.15, 0.2) is 58.3 Å². The highest BCUT2D eigenvalue weighted by atomic mass is 32.2. The van der Waals surface area contributed by atoms with Crippen molar-refractivity contribution in [2.45, 2.75) is 23.2 Å². The van der Waals surface area contributed by atoms with Gasteiger partial charge < -0.3 is 20.6 Å². The number of carbonyl (C=O) groups is 1. The molecule has 3 aromatic rings. The van der Waals surface area contributed by atoms with Gasteiger partial charge in [-0.05, 0) is 18.6 Å². The standard InChI is InChI=1S/C20H20N6O5S2/c21-16-9-24-17(10-23-16)25-20(27)19(26-31-12-18-22-6-8-32-18)13-1-3-14(4-2-13)33(28,29)15-5-7-30-11-15/h1-4,6,8-10,15H,5,7,11-12H2,(H2,21,23)(H,24,25,27)/t15-/m0/s1. The molecule has 3 N–H and O–H groups in total. The van der Waals surface area contributed by atoms with Crippen molar-refractivity contribution >= 4 is 44.4 Å². The molecule has 0 spiro atoms. The monoisotopic (exact) mass is 488 g/mol. The molecule has 33 heavy (non-hydrogen) atoms. The summed E-state index contributed by atoms with van der Waals surface area (Å²) in [5.74, 6) is -0.242. The predicted molar refractivity (Wildman–Crippen MR) is 121 cm³/mol. The van der Waals surface area contributed by atoms with Crippen LogP contribution in [-0.2, 0) is 30.8 Å². The van der Waals surface area contributed by atoms with Crippen molar-refractivity contribution < 1.29 is 22.8 Å². The molecule has 0 aliphatic carbocycles. The van der Waals surface area contributed by atoms with E-state index in [1.54, 1.807) is 11.6 Å². The quantitative estimate of drug-likeness (QED) is 0.355. The maximum absolute atomic E-state index is 12.9. The first-order chi connectivity index (χ1) is 15.9. The van der Waals surface area contributed by atoms with Gasteiger partial charge in [-0.15, -0.1) is 11.3 Å². The van der Waals surface area contributed by atoms with E-state index in [-0.39, 0.29) is 35.5 Å². The molecule has 13 heteroatoms. The summed E-state index contributed by atoms with van der Waals surface area (Å²) >= 11 is 1.39. The smallest absolute Gasteiger partial charge is 0.279 e. The molecule has 3 heterocycles. The van der Waals surface area contributed by atoms with Crippen LogP contribution in [0.5, 0.6) is 0 Å². The molecular weight excluding hydrogens is 468 g/mol. The van der Waals surface area contributed by atoms with Gasteiger partial charge in [0, 0.05) is 23.7 Å². The Labute approximate surface area is 193 Å². The Morgan fingerprint density at radius 3 is 2.70 bits per heavy atom. The molecule has 1 atom stereocenters. The number of oxime groups is 1. The third kappa shape index (κ3) is 5.50. The van der Waals surface area contributed by atoms with Gasteiger partial charge in [0.1, 0.15) is 10.8 Å². The zero-order valence-electron chi connectivity index (χ0n) is 17.2. The van der Waals surface area contributed by atoms with Crippen LogP contribution >= 0.6 is 11.3 Å². The Bertz CT molecular complexity index is 1220. The number of carbonyl (C=O) groups excluding carboxylic acids is 1. The number of amides is 1. The first-order valence-electron chi connectivity index (χ1n) is 9.83. The van der Waals surface area contributed by atoms with Gasteiger partial charge in [0.2, 0.25) is 0 Å². The van der Waals surface area contributed by atoms with E-state index in [0.29, 0.717) is 23.6 Å². The summed E-state index contributed by atoms with van der Waals surface area (Å²) in [7, 11) is -3.53. The lowest BCUT2D eigenvalue weighted by atomic mass is 10.1. The van der Waals surface area contributed by atoms with E-state index in [2.05, 4.69) is 25.4 Å². The summed E-state index contributed by atoms with van der Waals surface area (Å²) in [4.78, 5) is 30.4. The van der Waals surface area contributed by atoms with Crippen molar-refractivity contribution in [1.29, 1.82) is 0 Å². The highest BCUT2D eigenvalue weighted by molar-refractivity contribution is 7.92. The van der Waals surface area contributed by atoms with Crippen LogP contribution in [0, 0.1) is 0 Å². The van der Waals surface area contributed by atoms with Gasteiger partial charge in [-0.1, -0.05) is 17.3 Å².